The summed E-state index contributed by atoms with van der Waals surface area (Å²) in [7, 11) is 0. The highest BCUT2D eigenvalue weighted by Crippen LogP contribution is 2.30. The molecule has 134 valence electrons. The van der Waals surface area contributed by atoms with E-state index < -0.39 is 0 Å². The number of fused-ring (bicyclic) bond motifs is 1. The van der Waals surface area contributed by atoms with Gasteiger partial charge in [-0.2, -0.15) is 0 Å². The molecule has 1 heterocycles. The van der Waals surface area contributed by atoms with Gasteiger partial charge in [0.25, 0.3) is 0 Å². The van der Waals surface area contributed by atoms with Gasteiger partial charge in [0.1, 0.15) is 11.6 Å². The molecular formula is C22H18BrN3O. The van der Waals surface area contributed by atoms with Gasteiger partial charge in [0.2, 0.25) is 0 Å². The van der Waals surface area contributed by atoms with E-state index in [0.717, 1.165) is 38.2 Å². The maximum Gasteiger partial charge on any atom is 0.162 e. The summed E-state index contributed by atoms with van der Waals surface area (Å²) in [5.74, 6) is 2.31. The number of hydrogen-bond acceptors (Lipinski definition) is 4. The van der Waals surface area contributed by atoms with Gasteiger partial charge in [-0.25, -0.2) is 9.97 Å². The van der Waals surface area contributed by atoms with E-state index >= 15 is 0 Å². The number of nitrogens with one attached hydrogen (secondary N) is 1. The summed E-state index contributed by atoms with van der Waals surface area (Å²) < 4.78 is 6.50. The molecule has 0 fully saturated rings. The Balaban J connectivity index is 1.78. The Bertz CT molecular complexity index is 1070. The number of benzene rings is 3. The van der Waals surface area contributed by atoms with Crippen LogP contribution in [-0.2, 0) is 0 Å². The van der Waals surface area contributed by atoms with Crippen molar-refractivity contribution in [1.82, 2.24) is 9.97 Å². The molecule has 4 rings (SSSR count). The molecule has 3 aromatic carbocycles. The van der Waals surface area contributed by atoms with Crippen molar-refractivity contribution >= 4 is 38.3 Å². The summed E-state index contributed by atoms with van der Waals surface area (Å²) in [6.07, 6.45) is 0. The number of aromatic nitrogens is 2. The summed E-state index contributed by atoms with van der Waals surface area (Å²) in [6.45, 7) is 2.62. The van der Waals surface area contributed by atoms with E-state index in [-0.39, 0.29) is 0 Å². The van der Waals surface area contributed by atoms with Crippen LogP contribution in [0.1, 0.15) is 6.92 Å². The molecule has 0 aliphatic heterocycles. The van der Waals surface area contributed by atoms with Gasteiger partial charge in [-0.15, -0.1) is 0 Å². The molecule has 0 bridgehead atoms. The van der Waals surface area contributed by atoms with Crippen LogP contribution in [0, 0.1) is 0 Å². The molecule has 0 spiro atoms. The highest BCUT2D eigenvalue weighted by Gasteiger charge is 2.10. The lowest BCUT2D eigenvalue weighted by Crippen LogP contribution is -1.99. The van der Waals surface area contributed by atoms with Crippen molar-refractivity contribution in [3.63, 3.8) is 0 Å². The molecule has 0 radical (unpaired) electrons. The van der Waals surface area contributed by atoms with Crippen molar-refractivity contribution < 1.29 is 4.74 Å². The molecule has 27 heavy (non-hydrogen) atoms. The largest absolute Gasteiger partial charge is 0.494 e. The number of hydrogen-bond donors (Lipinski definition) is 1. The zero-order chi connectivity index (χ0) is 18.6. The first-order chi connectivity index (χ1) is 13.2. The molecule has 0 saturated carbocycles. The van der Waals surface area contributed by atoms with Crippen LogP contribution < -0.4 is 10.1 Å². The third-order valence-corrected chi connectivity index (χ3v) is 4.61. The topological polar surface area (TPSA) is 47.0 Å². The van der Waals surface area contributed by atoms with Crippen molar-refractivity contribution in [3.05, 3.63) is 77.3 Å². The van der Waals surface area contributed by atoms with E-state index in [0.29, 0.717) is 12.4 Å². The molecule has 0 unspecified atom stereocenters. The summed E-state index contributed by atoms with van der Waals surface area (Å²) >= 11 is 3.54. The second-order valence-corrected chi connectivity index (χ2v) is 6.92. The number of rotatable bonds is 5. The third kappa shape index (κ3) is 3.93. The highest BCUT2D eigenvalue weighted by atomic mass is 79.9. The van der Waals surface area contributed by atoms with Crippen LogP contribution in [0.2, 0.25) is 0 Å². The lowest BCUT2D eigenvalue weighted by atomic mass is 10.2. The molecule has 4 aromatic rings. The second-order valence-electron chi connectivity index (χ2n) is 6.01. The molecule has 5 heteroatoms. The zero-order valence-electron chi connectivity index (χ0n) is 14.8. The molecule has 1 N–H and O–H groups in total. The minimum atomic E-state index is 0.651. The van der Waals surface area contributed by atoms with E-state index in [1.54, 1.807) is 0 Å². The summed E-state index contributed by atoms with van der Waals surface area (Å²) in [6, 6.07) is 23.9. The minimum absolute atomic E-state index is 0.651. The Morgan fingerprint density at radius 3 is 2.44 bits per heavy atom. The Labute approximate surface area is 166 Å². The van der Waals surface area contributed by atoms with Crippen molar-refractivity contribution in [2.45, 2.75) is 6.92 Å². The predicted octanol–water partition coefficient (Wildman–Crippen LogP) is 6.20. The van der Waals surface area contributed by atoms with E-state index in [4.69, 9.17) is 14.7 Å². The standard InChI is InChI=1S/C22H18BrN3O/c1-2-27-18-11-9-17(10-12-18)24-22-19-14-16(23)8-13-20(19)25-21(26-22)15-6-4-3-5-7-15/h3-14H,2H2,1H3,(H,24,25,26). The first-order valence-corrected chi connectivity index (χ1v) is 9.55. The quantitative estimate of drug-likeness (QED) is 0.418. The van der Waals surface area contributed by atoms with Gasteiger partial charge >= 0.3 is 0 Å². The number of anilines is 2. The Kier molecular flexibility index (Phi) is 5.03. The first-order valence-electron chi connectivity index (χ1n) is 8.75. The van der Waals surface area contributed by atoms with Crippen LogP contribution >= 0.6 is 15.9 Å². The highest BCUT2D eigenvalue weighted by molar-refractivity contribution is 9.10. The number of halogens is 1. The lowest BCUT2D eigenvalue weighted by molar-refractivity contribution is 0.340. The average molecular weight is 420 g/mol. The van der Waals surface area contributed by atoms with Gasteiger partial charge in [0.05, 0.1) is 12.1 Å². The SMILES string of the molecule is CCOc1ccc(Nc2nc(-c3ccccc3)nc3ccc(Br)cc23)cc1. The van der Waals surface area contributed by atoms with Crippen LogP contribution in [0.5, 0.6) is 5.75 Å². The van der Waals surface area contributed by atoms with Crippen LogP contribution in [0.15, 0.2) is 77.3 Å². The maximum atomic E-state index is 5.51. The van der Waals surface area contributed by atoms with E-state index in [1.807, 2.05) is 79.7 Å². The van der Waals surface area contributed by atoms with Crippen molar-refractivity contribution in [2.75, 3.05) is 11.9 Å². The molecule has 0 aliphatic rings. The predicted molar refractivity (Wildman–Crippen MR) is 114 cm³/mol. The lowest BCUT2D eigenvalue weighted by Gasteiger charge is -2.12. The van der Waals surface area contributed by atoms with Crippen molar-refractivity contribution in [2.24, 2.45) is 0 Å². The van der Waals surface area contributed by atoms with Gasteiger partial charge < -0.3 is 10.1 Å². The Hall–Kier alpha value is -2.92. The van der Waals surface area contributed by atoms with Gasteiger partial charge in [-0.1, -0.05) is 46.3 Å². The van der Waals surface area contributed by atoms with Gasteiger partial charge in [0, 0.05) is 21.1 Å². The van der Waals surface area contributed by atoms with Gasteiger partial charge in [0.15, 0.2) is 5.82 Å². The molecule has 0 atom stereocenters. The fourth-order valence-corrected chi connectivity index (χ4v) is 3.21. The normalized spacial score (nSPS) is 10.7. The van der Waals surface area contributed by atoms with Crippen LogP contribution in [0.25, 0.3) is 22.3 Å². The van der Waals surface area contributed by atoms with Crippen LogP contribution in [0.4, 0.5) is 11.5 Å². The summed E-state index contributed by atoms with van der Waals surface area (Å²) in [5.41, 5.74) is 2.81. The van der Waals surface area contributed by atoms with Crippen molar-refractivity contribution in [3.8, 4) is 17.1 Å². The number of nitrogens with zero attached hydrogens (tertiary/aromatic N) is 2. The summed E-state index contributed by atoms with van der Waals surface area (Å²) in [5, 5.41) is 4.38. The van der Waals surface area contributed by atoms with Gasteiger partial charge in [-0.05, 0) is 49.4 Å². The smallest absolute Gasteiger partial charge is 0.162 e. The minimum Gasteiger partial charge on any atom is -0.494 e. The zero-order valence-corrected chi connectivity index (χ0v) is 16.4. The molecule has 0 aliphatic carbocycles. The fourth-order valence-electron chi connectivity index (χ4n) is 2.85. The Morgan fingerprint density at radius 1 is 0.926 bits per heavy atom. The molecule has 4 nitrogen and oxygen atoms in total. The van der Waals surface area contributed by atoms with E-state index in [2.05, 4.69) is 21.2 Å². The molecule has 0 amide bonds. The van der Waals surface area contributed by atoms with Crippen LogP contribution in [0.3, 0.4) is 0 Å². The van der Waals surface area contributed by atoms with Crippen LogP contribution in [-0.4, -0.2) is 16.6 Å². The maximum absolute atomic E-state index is 5.51. The van der Waals surface area contributed by atoms with E-state index in [1.165, 1.54) is 0 Å². The summed E-state index contributed by atoms with van der Waals surface area (Å²) in [4.78, 5) is 9.53. The monoisotopic (exact) mass is 419 g/mol. The fraction of sp³-hybridized carbons (Fsp3) is 0.0909. The van der Waals surface area contributed by atoms with Crippen molar-refractivity contribution in [1.29, 1.82) is 0 Å². The Morgan fingerprint density at radius 2 is 1.70 bits per heavy atom. The van der Waals surface area contributed by atoms with E-state index in [9.17, 15) is 0 Å². The molecular weight excluding hydrogens is 402 g/mol. The number of ether oxygens (including phenoxy) is 1. The molecule has 0 saturated heterocycles. The first kappa shape index (κ1) is 17.5. The molecule has 1 aromatic heterocycles. The van der Waals surface area contributed by atoms with Gasteiger partial charge in [-0.3, -0.25) is 0 Å². The third-order valence-electron chi connectivity index (χ3n) is 4.12. The average Bonchev–Trinajstić information content (AvgIpc) is 2.70. The second kappa shape index (κ2) is 7.76.